The largest absolute Gasteiger partial charge is 0.507 e. The van der Waals surface area contributed by atoms with Crippen LogP contribution in [0.15, 0.2) is 72.8 Å². The van der Waals surface area contributed by atoms with E-state index in [0.717, 1.165) is 0 Å². The lowest BCUT2D eigenvalue weighted by molar-refractivity contribution is 0.102. The van der Waals surface area contributed by atoms with Gasteiger partial charge in [-0.3, -0.25) is 9.59 Å². The van der Waals surface area contributed by atoms with E-state index in [1.807, 2.05) is 0 Å². The number of benzene rings is 4. The minimum Gasteiger partial charge on any atom is -0.507 e. The molecule has 4 rings (SSSR count). The Kier molecular flexibility index (Phi) is 8.29. The zero-order valence-corrected chi connectivity index (χ0v) is 20.2. The molecule has 0 spiro atoms. The van der Waals surface area contributed by atoms with Crippen LogP contribution in [0.5, 0.6) is 46.0 Å². The molecule has 0 radical (unpaired) electrons. The van der Waals surface area contributed by atoms with E-state index in [1.54, 1.807) is 12.1 Å². The smallest absolute Gasteiger partial charge is 0.200 e. The van der Waals surface area contributed by atoms with Crippen molar-refractivity contribution in [3.05, 3.63) is 95.1 Å². The van der Waals surface area contributed by atoms with Gasteiger partial charge in [0.1, 0.15) is 23.0 Å². The van der Waals surface area contributed by atoms with Gasteiger partial charge in [0, 0.05) is 12.1 Å². The first kappa shape index (κ1) is 27.2. The van der Waals surface area contributed by atoms with Gasteiger partial charge in [-0.2, -0.15) is 0 Å². The monoisotopic (exact) mass is 520 g/mol. The summed E-state index contributed by atoms with van der Waals surface area (Å²) in [7, 11) is 2.93. The van der Waals surface area contributed by atoms with Gasteiger partial charge in [0.15, 0.2) is 28.8 Å². The van der Waals surface area contributed by atoms with Crippen LogP contribution in [0.2, 0.25) is 0 Å². The Morgan fingerprint density at radius 3 is 1.21 bits per heavy atom. The van der Waals surface area contributed by atoms with Gasteiger partial charge in [-0.15, -0.1) is 0 Å². The van der Waals surface area contributed by atoms with Gasteiger partial charge in [0.2, 0.25) is 5.78 Å². The average molecular weight is 520 g/mol. The van der Waals surface area contributed by atoms with Crippen molar-refractivity contribution in [1.29, 1.82) is 0 Å². The highest BCUT2D eigenvalue weighted by molar-refractivity contribution is 6.13. The summed E-state index contributed by atoms with van der Waals surface area (Å²) in [5, 5.41) is 57.4. The summed E-state index contributed by atoms with van der Waals surface area (Å²) >= 11 is 0. The van der Waals surface area contributed by atoms with Crippen molar-refractivity contribution in [2.75, 3.05) is 14.2 Å². The van der Waals surface area contributed by atoms with E-state index < -0.39 is 34.6 Å². The molecule has 6 N–H and O–H groups in total. The van der Waals surface area contributed by atoms with Gasteiger partial charge in [0.25, 0.3) is 0 Å². The van der Waals surface area contributed by atoms with Crippen LogP contribution in [0.4, 0.5) is 0 Å². The molecule has 0 bridgehead atoms. The first-order valence-electron chi connectivity index (χ1n) is 10.9. The van der Waals surface area contributed by atoms with Gasteiger partial charge >= 0.3 is 0 Å². The first-order valence-corrected chi connectivity index (χ1v) is 10.9. The fraction of sp³-hybridized carbons (Fsp3) is 0.0714. The first-order chi connectivity index (χ1) is 18.1. The number of methoxy groups -OCH3 is 2. The standard InChI is InChI=1S/C15H14O5.C13H10O5/c1-19-9-3-5-11(13(16)7-9)15(18)12-6-4-10(20-2)8-14(12)17;14-9-5-1-3-7(12(9)17)11(16)8-4-2-6-10(15)13(8)18/h3-8,16-17H,1-2H3;1-6,14-15,17-18H. The third-order valence-electron chi connectivity index (χ3n) is 5.42. The Morgan fingerprint density at radius 1 is 0.500 bits per heavy atom. The van der Waals surface area contributed by atoms with Crippen molar-refractivity contribution >= 4 is 11.6 Å². The van der Waals surface area contributed by atoms with E-state index in [2.05, 4.69) is 0 Å². The normalized spacial score (nSPS) is 10.2. The fourth-order valence-corrected chi connectivity index (χ4v) is 3.38. The fourth-order valence-electron chi connectivity index (χ4n) is 3.38. The Balaban J connectivity index is 0.000000212. The zero-order valence-electron chi connectivity index (χ0n) is 20.2. The highest BCUT2D eigenvalue weighted by atomic mass is 16.5. The van der Waals surface area contributed by atoms with E-state index in [4.69, 9.17) is 9.47 Å². The number of hydrogen-bond acceptors (Lipinski definition) is 10. The molecule has 0 fully saturated rings. The topological polar surface area (TPSA) is 174 Å². The lowest BCUT2D eigenvalue weighted by Crippen LogP contribution is -2.02. The van der Waals surface area contributed by atoms with Gasteiger partial charge in [-0.05, 0) is 48.5 Å². The average Bonchev–Trinajstić information content (AvgIpc) is 2.91. The molecule has 196 valence electrons. The molecule has 0 saturated heterocycles. The highest BCUT2D eigenvalue weighted by Gasteiger charge is 2.20. The van der Waals surface area contributed by atoms with Crippen molar-refractivity contribution in [2.45, 2.75) is 0 Å². The molecular formula is C28H24O10. The van der Waals surface area contributed by atoms with E-state index in [9.17, 15) is 40.2 Å². The number of phenolic OH excluding ortho intramolecular Hbond substituents is 6. The molecule has 0 heterocycles. The van der Waals surface area contributed by atoms with E-state index >= 15 is 0 Å². The minimum atomic E-state index is -0.697. The number of aromatic hydroxyl groups is 6. The Morgan fingerprint density at radius 2 is 0.868 bits per heavy atom. The number of carbonyl (C=O) groups is 2. The SMILES string of the molecule is COc1ccc(C(=O)c2ccc(OC)cc2O)c(O)c1.O=C(c1cccc(O)c1O)c1cccc(O)c1O. The molecule has 4 aromatic carbocycles. The maximum absolute atomic E-state index is 12.3. The molecule has 0 amide bonds. The number of phenols is 6. The van der Waals surface area contributed by atoms with Gasteiger partial charge in [-0.25, -0.2) is 0 Å². The van der Waals surface area contributed by atoms with Gasteiger partial charge < -0.3 is 40.1 Å². The lowest BCUT2D eigenvalue weighted by Gasteiger charge is -2.08. The number of ether oxygens (including phenoxy) is 2. The van der Waals surface area contributed by atoms with Gasteiger partial charge in [-0.1, -0.05) is 12.1 Å². The molecule has 0 aromatic heterocycles. The predicted molar refractivity (Wildman–Crippen MR) is 136 cm³/mol. The van der Waals surface area contributed by atoms with Crippen molar-refractivity contribution in [3.8, 4) is 46.0 Å². The van der Waals surface area contributed by atoms with Crippen LogP contribution in [0.1, 0.15) is 31.8 Å². The van der Waals surface area contributed by atoms with Crippen molar-refractivity contribution in [1.82, 2.24) is 0 Å². The number of hydrogen-bond donors (Lipinski definition) is 6. The molecule has 0 aliphatic carbocycles. The van der Waals surface area contributed by atoms with Crippen LogP contribution in [0.3, 0.4) is 0 Å². The van der Waals surface area contributed by atoms with Gasteiger partial charge in [0.05, 0.1) is 36.5 Å². The number of rotatable bonds is 6. The molecular weight excluding hydrogens is 496 g/mol. The van der Waals surface area contributed by atoms with Crippen molar-refractivity contribution < 1.29 is 49.7 Å². The summed E-state index contributed by atoms with van der Waals surface area (Å²) in [6.07, 6.45) is 0. The maximum Gasteiger partial charge on any atom is 0.200 e. The Bertz CT molecular complexity index is 1380. The molecule has 0 aliphatic rings. The molecule has 0 aliphatic heterocycles. The number of ketones is 2. The second-order valence-electron chi connectivity index (χ2n) is 7.77. The van der Waals surface area contributed by atoms with Crippen LogP contribution in [-0.2, 0) is 0 Å². The van der Waals surface area contributed by atoms with Crippen LogP contribution in [-0.4, -0.2) is 56.4 Å². The van der Waals surface area contributed by atoms with Crippen LogP contribution >= 0.6 is 0 Å². The van der Waals surface area contributed by atoms with Crippen LogP contribution < -0.4 is 9.47 Å². The molecule has 38 heavy (non-hydrogen) atoms. The molecule has 0 saturated carbocycles. The Hall–Kier alpha value is -5.38. The molecule has 0 unspecified atom stereocenters. The summed E-state index contributed by atoms with van der Waals surface area (Å²) in [6.45, 7) is 0. The third kappa shape index (κ3) is 5.71. The molecule has 4 aromatic rings. The van der Waals surface area contributed by atoms with Crippen LogP contribution in [0, 0.1) is 0 Å². The van der Waals surface area contributed by atoms with E-state index in [1.165, 1.54) is 74.9 Å². The molecule has 0 atom stereocenters. The summed E-state index contributed by atoms with van der Waals surface area (Å²) < 4.78 is 9.90. The zero-order chi connectivity index (χ0) is 28.0. The quantitative estimate of drug-likeness (QED) is 0.160. The second-order valence-corrected chi connectivity index (χ2v) is 7.77. The minimum absolute atomic E-state index is 0.0891. The van der Waals surface area contributed by atoms with Crippen molar-refractivity contribution in [2.24, 2.45) is 0 Å². The number of para-hydroxylation sites is 2. The van der Waals surface area contributed by atoms with Crippen LogP contribution in [0.25, 0.3) is 0 Å². The third-order valence-corrected chi connectivity index (χ3v) is 5.42. The second kappa shape index (κ2) is 11.6. The Labute approximate surface area is 216 Å². The number of carbonyl (C=O) groups excluding carboxylic acids is 2. The van der Waals surface area contributed by atoms with E-state index in [0.29, 0.717) is 11.5 Å². The summed E-state index contributed by atoms with van der Waals surface area (Å²) in [5.74, 6) is -2.69. The summed E-state index contributed by atoms with van der Waals surface area (Å²) in [5.41, 5.74) is -0.135. The van der Waals surface area contributed by atoms with Crippen molar-refractivity contribution in [3.63, 3.8) is 0 Å². The summed E-state index contributed by atoms with van der Waals surface area (Å²) in [6, 6.07) is 16.6. The van der Waals surface area contributed by atoms with E-state index in [-0.39, 0.29) is 33.8 Å². The molecule has 10 heteroatoms. The maximum atomic E-state index is 12.3. The molecule has 10 nitrogen and oxygen atoms in total. The highest BCUT2D eigenvalue weighted by Crippen LogP contribution is 2.35. The predicted octanol–water partition coefficient (Wildman–Crippen LogP) is 4.09. The summed E-state index contributed by atoms with van der Waals surface area (Å²) in [4.78, 5) is 24.3. The lowest BCUT2D eigenvalue weighted by atomic mass is 10.0.